The molecule has 4 fully saturated rings. The lowest BCUT2D eigenvalue weighted by Crippen LogP contribution is -2.67. The van der Waals surface area contributed by atoms with E-state index in [1.54, 1.807) is 0 Å². The zero-order chi connectivity index (χ0) is 31.7. The van der Waals surface area contributed by atoms with Gasteiger partial charge in [-0.3, -0.25) is 0 Å². The molecule has 19 atom stereocenters. The summed E-state index contributed by atoms with van der Waals surface area (Å²) in [6.45, 7) is -3.06. The number of rotatable bonds is 10. The average molecular weight is 637 g/mol. The first kappa shape index (κ1) is 35.1. The summed E-state index contributed by atoms with van der Waals surface area (Å²) in [5.74, 6) is 0. The van der Waals surface area contributed by atoms with Gasteiger partial charge in [0.05, 0.1) is 26.4 Å². The quantitative estimate of drug-likeness (QED) is 0.106. The van der Waals surface area contributed by atoms with E-state index in [9.17, 15) is 66.4 Å². The van der Waals surface area contributed by atoms with Crippen LogP contribution < -0.4 is 0 Å². The zero-order valence-electron chi connectivity index (χ0n) is 22.5. The van der Waals surface area contributed by atoms with Crippen molar-refractivity contribution in [1.29, 1.82) is 0 Å². The second kappa shape index (κ2) is 14.7. The van der Waals surface area contributed by atoms with Crippen LogP contribution >= 0.6 is 0 Å². The van der Waals surface area contributed by atoms with E-state index in [4.69, 9.17) is 33.2 Å². The van der Waals surface area contributed by atoms with Crippen molar-refractivity contribution in [3.8, 4) is 0 Å². The Labute approximate surface area is 243 Å². The van der Waals surface area contributed by atoms with E-state index < -0.39 is 143 Å². The largest absolute Gasteiger partial charge is 0.394 e. The molecular formula is C23H40O20. The number of aliphatic hydroxyl groups is 13. The van der Waals surface area contributed by atoms with Crippen LogP contribution in [-0.2, 0) is 33.2 Å². The monoisotopic (exact) mass is 636 g/mol. The fourth-order valence-electron chi connectivity index (χ4n) is 5.19. The number of hydrogen-bond donors (Lipinski definition) is 13. The van der Waals surface area contributed by atoms with E-state index in [-0.39, 0.29) is 0 Å². The summed E-state index contributed by atoms with van der Waals surface area (Å²) < 4.78 is 38.2. The molecule has 0 radical (unpaired) electrons. The van der Waals surface area contributed by atoms with Crippen molar-refractivity contribution < 1.29 is 99.5 Å². The molecule has 13 N–H and O–H groups in total. The van der Waals surface area contributed by atoms with Gasteiger partial charge in [0.2, 0.25) is 0 Å². The second-order valence-corrected chi connectivity index (χ2v) is 10.7. The highest BCUT2D eigenvalue weighted by Crippen LogP contribution is 2.33. The van der Waals surface area contributed by atoms with E-state index in [1.165, 1.54) is 0 Å². The first-order chi connectivity index (χ1) is 20.3. The van der Waals surface area contributed by atoms with Crippen LogP contribution in [0.25, 0.3) is 0 Å². The molecule has 4 rings (SSSR count). The molecule has 0 unspecified atom stereocenters. The molecule has 0 bridgehead atoms. The maximum atomic E-state index is 10.9. The molecule has 0 aliphatic carbocycles. The third-order valence-corrected chi connectivity index (χ3v) is 7.84. The molecule has 0 aromatic carbocycles. The third kappa shape index (κ3) is 7.13. The topological polar surface area (TPSA) is 328 Å². The van der Waals surface area contributed by atoms with Crippen molar-refractivity contribution in [1.82, 2.24) is 0 Å². The fourth-order valence-corrected chi connectivity index (χ4v) is 5.19. The van der Waals surface area contributed by atoms with Gasteiger partial charge in [0.1, 0.15) is 91.6 Å². The maximum absolute atomic E-state index is 10.9. The normalized spacial score (nSPS) is 52.8. The van der Waals surface area contributed by atoms with Crippen molar-refractivity contribution in [2.75, 3.05) is 26.4 Å². The summed E-state index contributed by atoms with van der Waals surface area (Å²) in [6, 6.07) is 0. The number of hydrogen-bond acceptors (Lipinski definition) is 20. The Balaban J connectivity index is 1.56. The van der Waals surface area contributed by atoms with E-state index in [1.807, 2.05) is 0 Å². The molecule has 0 amide bonds. The Morgan fingerprint density at radius 2 is 0.814 bits per heavy atom. The van der Waals surface area contributed by atoms with Crippen molar-refractivity contribution in [3.05, 3.63) is 0 Å². The SMILES string of the molecule is OC[C@H]1O[C@H](O[C@@H]2[C@@H](O[C@@H]3[C@@H](OC[C@H]4O[C@@H](O)[C@@H](O)[C@@H]4O)O[C@H](CO)[C@@H](O)[C@@H]3O)O[C@H](CO)[C@@H](O)[C@@H]2O)[C@@H](O)[C@@H](O)[C@@H]1O. The Kier molecular flexibility index (Phi) is 12.0. The molecule has 20 nitrogen and oxygen atoms in total. The van der Waals surface area contributed by atoms with Crippen LogP contribution in [0.1, 0.15) is 0 Å². The first-order valence-electron chi connectivity index (χ1n) is 13.5. The van der Waals surface area contributed by atoms with Crippen LogP contribution in [0.4, 0.5) is 0 Å². The molecule has 4 heterocycles. The standard InChI is InChI=1S/C23H40O20/c24-1-5-9(27)13(31)17(35)21(39-5)42-19-15(33)11(29)7(3-26)41-23(19)43-18-14(32)10(28)6(2-25)40-22(18)37-4-8-12(30)16(34)20(36)38-8/h5-36H,1-4H2/t5-,6-,7-,8-,9-,10-,11-,12-,13+,14+,15+,16+,17+,18+,19+,20-,21-,22+,23-/m1/s1. The van der Waals surface area contributed by atoms with Crippen molar-refractivity contribution in [2.24, 2.45) is 0 Å². The summed E-state index contributed by atoms with van der Waals surface area (Å²) in [5.41, 5.74) is 0. The zero-order valence-corrected chi connectivity index (χ0v) is 22.5. The highest BCUT2D eigenvalue weighted by atomic mass is 16.8. The van der Waals surface area contributed by atoms with Crippen molar-refractivity contribution in [3.63, 3.8) is 0 Å². The Hall–Kier alpha value is -0.800. The Morgan fingerprint density at radius 3 is 1.30 bits per heavy atom. The van der Waals surface area contributed by atoms with Crippen molar-refractivity contribution in [2.45, 2.75) is 117 Å². The van der Waals surface area contributed by atoms with E-state index in [0.29, 0.717) is 0 Å². The smallest absolute Gasteiger partial charge is 0.187 e. The first-order valence-corrected chi connectivity index (χ1v) is 13.5. The van der Waals surface area contributed by atoms with Crippen LogP contribution in [0.3, 0.4) is 0 Å². The summed E-state index contributed by atoms with van der Waals surface area (Å²) in [7, 11) is 0. The molecule has 4 saturated heterocycles. The van der Waals surface area contributed by atoms with Crippen LogP contribution in [0.2, 0.25) is 0 Å². The van der Waals surface area contributed by atoms with Crippen LogP contribution in [0.5, 0.6) is 0 Å². The minimum atomic E-state index is -1.95. The Morgan fingerprint density at radius 1 is 0.395 bits per heavy atom. The summed E-state index contributed by atoms with van der Waals surface area (Å²) in [4.78, 5) is 0. The summed E-state index contributed by atoms with van der Waals surface area (Å²) in [5, 5.41) is 131. The highest BCUT2D eigenvalue weighted by molar-refractivity contribution is 4.96. The van der Waals surface area contributed by atoms with E-state index >= 15 is 0 Å². The van der Waals surface area contributed by atoms with Gasteiger partial charge in [0.25, 0.3) is 0 Å². The Bertz CT molecular complexity index is 869. The minimum Gasteiger partial charge on any atom is -0.394 e. The fraction of sp³-hybridized carbons (Fsp3) is 1.00. The average Bonchev–Trinajstić information content (AvgIpc) is 3.24. The number of ether oxygens (including phenoxy) is 7. The van der Waals surface area contributed by atoms with Gasteiger partial charge < -0.3 is 99.5 Å². The third-order valence-electron chi connectivity index (χ3n) is 7.84. The summed E-state index contributed by atoms with van der Waals surface area (Å²) in [6.07, 6.45) is -32.7. The molecule has 43 heavy (non-hydrogen) atoms. The lowest BCUT2D eigenvalue weighted by atomic mass is 9.96. The molecule has 4 aliphatic heterocycles. The van der Waals surface area contributed by atoms with E-state index in [2.05, 4.69) is 0 Å². The highest BCUT2D eigenvalue weighted by Gasteiger charge is 2.54. The molecule has 4 aliphatic rings. The number of aliphatic hydroxyl groups excluding tert-OH is 13. The predicted octanol–water partition coefficient (Wildman–Crippen LogP) is -9.11. The van der Waals surface area contributed by atoms with Gasteiger partial charge in [-0.25, -0.2) is 0 Å². The van der Waals surface area contributed by atoms with Crippen molar-refractivity contribution >= 4 is 0 Å². The molecule has 0 saturated carbocycles. The van der Waals surface area contributed by atoms with Crippen LogP contribution in [-0.4, -0.2) is 210 Å². The minimum absolute atomic E-state index is 0.586. The predicted molar refractivity (Wildman–Crippen MR) is 128 cm³/mol. The maximum Gasteiger partial charge on any atom is 0.187 e. The summed E-state index contributed by atoms with van der Waals surface area (Å²) >= 11 is 0. The second-order valence-electron chi connectivity index (χ2n) is 10.7. The van der Waals surface area contributed by atoms with Gasteiger partial charge in [-0.05, 0) is 0 Å². The van der Waals surface area contributed by atoms with Gasteiger partial charge in [0, 0.05) is 0 Å². The molecule has 0 aromatic rings. The van der Waals surface area contributed by atoms with Gasteiger partial charge in [0.15, 0.2) is 25.2 Å². The lowest BCUT2D eigenvalue weighted by molar-refractivity contribution is -0.394. The van der Waals surface area contributed by atoms with Gasteiger partial charge >= 0.3 is 0 Å². The van der Waals surface area contributed by atoms with Crippen LogP contribution in [0.15, 0.2) is 0 Å². The molecule has 20 heteroatoms. The molecule has 0 spiro atoms. The molecule has 252 valence electrons. The van der Waals surface area contributed by atoms with Gasteiger partial charge in [-0.15, -0.1) is 0 Å². The van der Waals surface area contributed by atoms with E-state index in [0.717, 1.165) is 0 Å². The molecular weight excluding hydrogens is 596 g/mol. The van der Waals surface area contributed by atoms with Crippen LogP contribution in [0, 0.1) is 0 Å². The van der Waals surface area contributed by atoms with Gasteiger partial charge in [-0.1, -0.05) is 0 Å². The molecule has 0 aromatic heterocycles. The van der Waals surface area contributed by atoms with Gasteiger partial charge in [-0.2, -0.15) is 0 Å². The lowest BCUT2D eigenvalue weighted by Gasteiger charge is -2.48.